The first-order valence-corrected chi connectivity index (χ1v) is 3.80. The van der Waals surface area contributed by atoms with Gasteiger partial charge >= 0.3 is 5.97 Å². The Bertz CT molecular complexity index is 170. The summed E-state index contributed by atoms with van der Waals surface area (Å²) in [6, 6.07) is 0. The quantitative estimate of drug-likeness (QED) is 0.329. The first-order chi connectivity index (χ1) is 5.42. The molecule has 0 aromatic heterocycles. The molecule has 0 aromatic carbocycles. The van der Waals surface area contributed by atoms with Gasteiger partial charge in [0.1, 0.15) is 0 Å². The summed E-state index contributed by atoms with van der Waals surface area (Å²) in [4.78, 5) is 10.0. The van der Waals surface area contributed by atoms with E-state index in [1.54, 1.807) is 0 Å². The van der Waals surface area contributed by atoms with Gasteiger partial charge in [0.25, 0.3) is 0 Å². The smallest absolute Gasteiger partial charge is 0.329 e. The van der Waals surface area contributed by atoms with Crippen molar-refractivity contribution in [3.63, 3.8) is 0 Å². The molecule has 3 N–H and O–H groups in total. The fourth-order valence-electron chi connectivity index (χ4n) is 0.505. The van der Waals surface area contributed by atoms with Crippen molar-refractivity contribution in [2.24, 2.45) is 0 Å². The van der Waals surface area contributed by atoms with E-state index in [0.717, 1.165) is 6.08 Å². The summed E-state index contributed by atoms with van der Waals surface area (Å²) < 4.78 is 0. The zero-order chi connectivity index (χ0) is 9.61. The van der Waals surface area contributed by atoms with Crippen LogP contribution in [0.25, 0.3) is 0 Å². The van der Waals surface area contributed by atoms with Crippen molar-refractivity contribution in [1.82, 2.24) is 10.6 Å². The Kier molecular flexibility index (Phi) is 4.36. The predicted octanol–water partition coefficient (Wildman–Crippen LogP) is 0.520. The molecule has 0 atom stereocenters. The maximum Gasteiger partial charge on any atom is 0.329 e. The van der Waals surface area contributed by atoms with Crippen molar-refractivity contribution >= 4 is 5.97 Å². The second-order valence-corrected chi connectivity index (χ2v) is 3.48. The Balaban J connectivity index is 3.40. The molecule has 0 aliphatic rings. The van der Waals surface area contributed by atoms with Gasteiger partial charge in [0.2, 0.25) is 0 Å². The van der Waals surface area contributed by atoms with Crippen LogP contribution in [0.3, 0.4) is 0 Å². The molecule has 70 valence electrons. The molecule has 4 heteroatoms. The zero-order valence-electron chi connectivity index (χ0n) is 7.72. The molecule has 0 bridgehead atoms. The lowest BCUT2D eigenvalue weighted by Gasteiger charge is -2.20. The van der Waals surface area contributed by atoms with Crippen LogP contribution in [0.2, 0.25) is 0 Å². The van der Waals surface area contributed by atoms with Gasteiger partial charge in [-0.1, -0.05) is 0 Å². The van der Waals surface area contributed by atoms with Crippen LogP contribution in [0.4, 0.5) is 0 Å². The molecule has 0 heterocycles. The first-order valence-electron chi connectivity index (χ1n) is 3.80. The third-order valence-electron chi connectivity index (χ3n) is 1.06. The van der Waals surface area contributed by atoms with Crippen molar-refractivity contribution in [2.45, 2.75) is 26.3 Å². The Morgan fingerprint density at radius 3 is 2.50 bits per heavy atom. The Labute approximate surface area is 72.7 Å². The van der Waals surface area contributed by atoms with Crippen LogP contribution in [-0.2, 0) is 4.79 Å². The molecule has 0 rings (SSSR count). The van der Waals surface area contributed by atoms with Gasteiger partial charge in [-0.25, -0.2) is 4.79 Å². The molecule has 0 radical (unpaired) electrons. The average Bonchev–Trinajstić information content (AvgIpc) is 1.83. The van der Waals surface area contributed by atoms with E-state index in [9.17, 15) is 4.79 Å². The summed E-state index contributed by atoms with van der Waals surface area (Å²) in [5.41, 5.74) is 0.0457. The highest BCUT2D eigenvalue weighted by Gasteiger charge is 2.05. The maximum atomic E-state index is 10.0. The van der Waals surface area contributed by atoms with Crippen LogP contribution in [0.5, 0.6) is 0 Å². The van der Waals surface area contributed by atoms with E-state index in [1.165, 1.54) is 6.20 Å². The first kappa shape index (κ1) is 11.0. The van der Waals surface area contributed by atoms with Crippen LogP contribution in [0.15, 0.2) is 12.3 Å². The van der Waals surface area contributed by atoms with Crippen molar-refractivity contribution in [3.8, 4) is 0 Å². The number of rotatable bonds is 4. The number of hydrogen-bond acceptors (Lipinski definition) is 3. The van der Waals surface area contributed by atoms with Gasteiger partial charge in [0.15, 0.2) is 0 Å². The van der Waals surface area contributed by atoms with E-state index in [2.05, 4.69) is 10.6 Å². The molecule has 0 aliphatic heterocycles. The minimum Gasteiger partial charge on any atom is -0.478 e. The lowest BCUT2D eigenvalue weighted by Crippen LogP contribution is -2.40. The van der Waals surface area contributed by atoms with Gasteiger partial charge in [0.05, 0.1) is 6.67 Å². The van der Waals surface area contributed by atoms with Crippen molar-refractivity contribution < 1.29 is 9.90 Å². The fraction of sp³-hybridized carbons (Fsp3) is 0.625. The van der Waals surface area contributed by atoms with Gasteiger partial charge < -0.3 is 10.4 Å². The number of nitrogens with one attached hydrogen (secondary N) is 2. The van der Waals surface area contributed by atoms with Crippen molar-refractivity contribution in [2.75, 3.05) is 6.67 Å². The average molecular weight is 172 g/mol. The minimum atomic E-state index is -0.946. The molecule has 0 unspecified atom stereocenters. The van der Waals surface area contributed by atoms with Gasteiger partial charge in [0, 0.05) is 17.8 Å². The molecule has 0 saturated carbocycles. The number of aliphatic carboxylic acids is 1. The summed E-state index contributed by atoms with van der Waals surface area (Å²) in [6.07, 6.45) is 2.46. The second-order valence-electron chi connectivity index (χ2n) is 3.48. The second kappa shape index (κ2) is 4.77. The van der Waals surface area contributed by atoms with Gasteiger partial charge in [-0.3, -0.25) is 5.32 Å². The number of carboxylic acid groups (broad SMARTS) is 1. The highest BCUT2D eigenvalue weighted by molar-refractivity contribution is 5.79. The number of carboxylic acids is 1. The molecule has 0 saturated heterocycles. The Morgan fingerprint density at radius 1 is 1.50 bits per heavy atom. The van der Waals surface area contributed by atoms with E-state index in [-0.39, 0.29) is 5.54 Å². The van der Waals surface area contributed by atoms with Crippen LogP contribution in [-0.4, -0.2) is 23.3 Å². The molecule has 0 amide bonds. The zero-order valence-corrected chi connectivity index (χ0v) is 7.72. The summed E-state index contributed by atoms with van der Waals surface area (Å²) in [5.74, 6) is -0.946. The normalized spacial score (nSPS) is 11.9. The molecular weight excluding hydrogens is 156 g/mol. The predicted molar refractivity (Wildman–Crippen MR) is 47.7 cm³/mol. The summed E-state index contributed by atoms with van der Waals surface area (Å²) in [6.45, 7) is 6.67. The topological polar surface area (TPSA) is 61.4 Å². The van der Waals surface area contributed by atoms with E-state index in [1.807, 2.05) is 20.8 Å². The summed E-state index contributed by atoms with van der Waals surface area (Å²) in [7, 11) is 0. The van der Waals surface area contributed by atoms with E-state index in [4.69, 9.17) is 5.11 Å². The van der Waals surface area contributed by atoms with Crippen LogP contribution in [0.1, 0.15) is 20.8 Å². The molecule has 0 spiro atoms. The summed E-state index contributed by atoms with van der Waals surface area (Å²) in [5, 5.41) is 14.2. The van der Waals surface area contributed by atoms with Crippen LogP contribution in [0, 0.1) is 0 Å². The number of carbonyl (C=O) groups is 1. The molecular formula is C8H16N2O2. The van der Waals surface area contributed by atoms with Crippen LogP contribution < -0.4 is 10.6 Å². The van der Waals surface area contributed by atoms with Gasteiger partial charge in [-0.2, -0.15) is 0 Å². The standard InChI is InChI=1S/C8H16N2O2/c1-8(2,3)10-6-9-5-4-7(11)12/h4-5,9-10H,6H2,1-3H3,(H,11,12). The Hall–Kier alpha value is -1.03. The van der Waals surface area contributed by atoms with Crippen molar-refractivity contribution in [1.29, 1.82) is 0 Å². The third-order valence-corrected chi connectivity index (χ3v) is 1.06. The molecule has 12 heavy (non-hydrogen) atoms. The van der Waals surface area contributed by atoms with Crippen molar-refractivity contribution in [3.05, 3.63) is 12.3 Å². The van der Waals surface area contributed by atoms with Gasteiger partial charge in [-0.15, -0.1) is 0 Å². The van der Waals surface area contributed by atoms with E-state index in [0.29, 0.717) is 6.67 Å². The molecule has 0 fully saturated rings. The minimum absolute atomic E-state index is 0.0457. The van der Waals surface area contributed by atoms with E-state index < -0.39 is 5.97 Å². The number of hydrogen-bond donors (Lipinski definition) is 3. The molecule has 4 nitrogen and oxygen atoms in total. The Morgan fingerprint density at radius 2 is 2.08 bits per heavy atom. The van der Waals surface area contributed by atoms with Gasteiger partial charge in [-0.05, 0) is 20.8 Å². The van der Waals surface area contributed by atoms with Crippen LogP contribution >= 0.6 is 0 Å². The lowest BCUT2D eigenvalue weighted by atomic mass is 10.1. The monoisotopic (exact) mass is 172 g/mol. The molecule has 0 aromatic rings. The highest BCUT2D eigenvalue weighted by atomic mass is 16.4. The van der Waals surface area contributed by atoms with E-state index >= 15 is 0 Å². The maximum absolute atomic E-state index is 10.0. The lowest BCUT2D eigenvalue weighted by molar-refractivity contribution is -0.131. The molecule has 0 aliphatic carbocycles. The highest BCUT2D eigenvalue weighted by Crippen LogP contribution is 1.95. The SMILES string of the molecule is CC(C)(C)NCNC=CC(=O)O. The fourth-order valence-corrected chi connectivity index (χ4v) is 0.505. The third kappa shape index (κ3) is 8.97. The largest absolute Gasteiger partial charge is 0.478 e. The summed E-state index contributed by atoms with van der Waals surface area (Å²) >= 11 is 0.